The third-order valence-electron chi connectivity index (χ3n) is 14.2. The summed E-state index contributed by atoms with van der Waals surface area (Å²) in [6.45, 7) is 2.41. The summed E-state index contributed by atoms with van der Waals surface area (Å²) in [7, 11) is 0. The van der Waals surface area contributed by atoms with Crippen molar-refractivity contribution in [3.05, 3.63) is 0 Å². The molecule has 0 radical (unpaired) electrons. The van der Waals surface area contributed by atoms with Crippen molar-refractivity contribution in [1.82, 2.24) is 10.6 Å². The van der Waals surface area contributed by atoms with Gasteiger partial charge in [0.05, 0.1) is 31.6 Å². The fraction of sp³-hybridized carbons (Fsp3) is 1.00. The SMILES string of the molecule is CCCCCCCCCCCCCC[C@@H](O)[C@@H](O)[C@H](COC1OC(CO)C(O)C(O)C1O)C1NCC(CCCCCCCCCCC23CCC(CC2)CC3)N1. The molecule has 0 amide bonds. The molecule has 5 rings (SSSR count). The Morgan fingerprint density at radius 3 is 1.82 bits per heavy atom. The third-order valence-corrected chi connectivity index (χ3v) is 14.2. The van der Waals surface area contributed by atoms with Crippen molar-refractivity contribution in [1.29, 1.82) is 0 Å². The number of aliphatic hydroxyl groups is 6. The second-order valence-electron chi connectivity index (χ2n) is 18.5. The van der Waals surface area contributed by atoms with Crippen LogP contribution in [0.2, 0.25) is 0 Å². The van der Waals surface area contributed by atoms with Gasteiger partial charge in [-0.3, -0.25) is 10.6 Å². The van der Waals surface area contributed by atoms with Crippen molar-refractivity contribution in [3.63, 3.8) is 0 Å². The maximum absolute atomic E-state index is 11.5. The molecule has 5 aliphatic rings. The van der Waals surface area contributed by atoms with Crippen LogP contribution in [0.4, 0.5) is 0 Å². The number of aliphatic hydroxyl groups excluding tert-OH is 6. The molecular weight excluding hydrogens is 697 g/mol. The zero-order valence-electron chi connectivity index (χ0n) is 35.0. The van der Waals surface area contributed by atoms with Crippen LogP contribution in [0.3, 0.4) is 0 Å². The van der Waals surface area contributed by atoms with E-state index >= 15 is 0 Å². The minimum atomic E-state index is -1.54. The zero-order valence-corrected chi connectivity index (χ0v) is 35.0. The van der Waals surface area contributed by atoms with Crippen LogP contribution in [-0.4, -0.2) is 106 Å². The fourth-order valence-electron chi connectivity index (χ4n) is 10.2. The fourth-order valence-corrected chi connectivity index (χ4v) is 10.2. The Labute approximate surface area is 335 Å². The van der Waals surface area contributed by atoms with Crippen LogP contribution in [-0.2, 0) is 9.47 Å². The molecular formula is C45H86N2O8. The molecule has 10 atom stereocenters. The molecule has 10 heteroatoms. The summed E-state index contributed by atoms with van der Waals surface area (Å²) in [4.78, 5) is 0. The summed E-state index contributed by atoms with van der Waals surface area (Å²) in [5.41, 5.74) is 0.720. The van der Waals surface area contributed by atoms with E-state index in [1.807, 2.05) is 0 Å². The van der Waals surface area contributed by atoms with Crippen LogP contribution < -0.4 is 10.6 Å². The Balaban J connectivity index is 1.13. The molecule has 2 bridgehead atoms. The maximum atomic E-state index is 11.5. The van der Waals surface area contributed by atoms with Crippen LogP contribution in [0.15, 0.2) is 0 Å². The highest BCUT2D eigenvalue weighted by Gasteiger charge is 2.45. The van der Waals surface area contributed by atoms with E-state index in [9.17, 15) is 30.6 Å². The highest BCUT2D eigenvalue weighted by atomic mass is 16.7. The average molecular weight is 783 g/mol. The van der Waals surface area contributed by atoms with Crippen molar-refractivity contribution >= 4 is 0 Å². The first kappa shape index (κ1) is 47.3. The van der Waals surface area contributed by atoms with E-state index in [1.165, 1.54) is 148 Å². The second kappa shape index (κ2) is 26.6. The molecule has 0 aromatic carbocycles. The van der Waals surface area contributed by atoms with Crippen molar-refractivity contribution in [2.75, 3.05) is 19.8 Å². The van der Waals surface area contributed by atoms with E-state index in [4.69, 9.17) is 9.47 Å². The van der Waals surface area contributed by atoms with Gasteiger partial charge in [-0.1, -0.05) is 135 Å². The molecule has 7 unspecified atom stereocenters. The standard InChI is InChI=1S/C45H86N2O8/c1-2-3-4-5-6-7-8-9-10-14-17-20-23-37(49)39(50)36(33-54-44-42(53)41(52)40(51)38(32-48)55-44)43-46-31-35(47-43)22-19-16-13-11-12-15-18-21-27-45-28-24-34(25-29-45)26-30-45/h34-44,46-53H,2-33H2,1H3/t34?,35?,36-,37+,38?,39-,40?,41?,42?,43?,44?,45?/m0/s1. The largest absolute Gasteiger partial charge is 0.394 e. The topological polar surface area (TPSA) is 164 Å². The Bertz CT molecular complexity index is 953. The molecule has 0 aromatic rings. The summed E-state index contributed by atoms with van der Waals surface area (Å²) in [5, 5.41) is 70.5. The lowest BCUT2D eigenvalue weighted by Gasteiger charge is -2.47. The molecule has 8 N–H and O–H groups in total. The predicted molar refractivity (Wildman–Crippen MR) is 219 cm³/mol. The smallest absolute Gasteiger partial charge is 0.186 e. The van der Waals surface area contributed by atoms with Crippen LogP contribution in [0.5, 0.6) is 0 Å². The van der Waals surface area contributed by atoms with E-state index in [0.717, 1.165) is 50.0 Å². The normalized spacial score (nSPS) is 32.6. The van der Waals surface area contributed by atoms with Gasteiger partial charge >= 0.3 is 0 Å². The summed E-state index contributed by atoms with van der Waals surface area (Å²) in [6.07, 6.45) is 28.0. The molecule has 0 spiro atoms. The molecule has 2 aliphatic heterocycles. The Hall–Kier alpha value is -0.400. The van der Waals surface area contributed by atoms with Gasteiger partial charge in [-0.05, 0) is 69.1 Å². The van der Waals surface area contributed by atoms with Gasteiger partial charge in [-0.15, -0.1) is 0 Å². The van der Waals surface area contributed by atoms with E-state index < -0.39 is 55.4 Å². The molecule has 5 fully saturated rings. The van der Waals surface area contributed by atoms with Crippen molar-refractivity contribution in [2.24, 2.45) is 17.3 Å². The number of nitrogens with one attached hydrogen (secondary N) is 2. The van der Waals surface area contributed by atoms with Crippen LogP contribution >= 0.6 is 0 Å². The summed E-state index contributed by atoms with van der Waals surface area (Å²) >= 11 is 0. The third kappa shape index (κ3) is 16.3. The highest BCUT2D eigenvalue weighted by molar-refractivity contribution is 4.94. The molecule has 324 valence electrons. The van der Waals surface area contributed by atoms with Crippen molar-refractivity contribution < 1.29 is 40.1 Å². The summed E-state index contributed by atoms with van der Waals surface area (Å²) in [5.74, 6) is 0.497. The summed E-state index contributed by atoms with van der Waals surface area (Å²) < 4.78 is 11.5. The Morgan fingerprint density at radius 2 is 1.24 bits per heavy atom. The molecule has 2 saturated heterocycles. The predicted octanol–water partition coefficient (Wildman–Crippen LogP) is 6.99. The van der Waals surface area contributed by atoms with Gasteiger partial charge in [-0.25, -0.2) is 0 Å². The van der Waals surface area contributed by atoms with E-state index in [1.54, 1.807) is 0 Å². The number of ether oxygens (including phenoxy) is 2. The van der Waals surface area contributed by atoms with Crippen LogP contribution in [0.1, 0.15) is 193 Å². The van der Waals surface area contributed by atoms with Gasteiger partial charge in [-0.2, -0.15) is 0 Å². The number of hydrogen-bond acceptors (Lipinski definition) is 10. The van der Waals surface area contributed by atoms with E-state index in [0.29, 0.717) is 6.42 Å². The number of rotatable bonds is 31. The number of unbranched alkanes of at least 4 members (excludes halogenated alkanes) is 18. The molecule has 55 heavy (non-hydrogen) atoms. The first-order valence-corrected chi connectivity index (χ1v) is 23.5. The summed E-state index contributed by atoms with van der Waals surface area (Å²) in [6, 6.07) is 0.245. The van der Waals surface area contributed by atoms with Crippen molar-refractivity contribution in [3.8, 4) is 0 Å². The Kier molecular flexibility index (Phi) is 22.9. The van der Waals surface area contributed by atoms with Gasteiger partial charge in [0.1, 0.15) is 24.4 Å². The van der Waals surface area contributed by atoms with Gasteiger partial charge in [0.25, 0.3) is 0 Å². The van der Waals surface area contributed by atoms with Gasteiger partial charge in [0, 0.05) is 18.5 Å². The van der Waals surface area contributed by atoms with E-state index in [2.05, 4.69) is 17.6 Å². The minimum absolute atomic E-state index is 0.0573. The first-order chi connectivity index (χ1) is 26.8. The molecule has 0 aromatic heterocycles. The van der Waals surface area contributed by atoms with Crippen LogP contribution in [0.25, 0.3) is 0 Å². The van der Waals surface area contributed by atoms with E-state index in [-0.39, 0.29) is 18.8 Å². The zero-order chi connectivity index (χ0) is 39.3. The molecule has 3 saturated carbocycles. The highest BCUT2D eigenvalue weighted by Crippen LogP contribution is 2.52. The van der Waals surface area contributed by atoms with Crippen molar-refractivity contribution in [2.45, 2.75) is 248 Å². The maximum Gasteiger partial charge on any atom is 0.186 e. The van der Waals surface area contributed by atoms with Gasteiger partial charge in [0.15, 0.2) is 6.29 Å². The second-order valence-corrected chi connectivity index (χ2v) is 18.5. The number of hydrogen-bond donors (Lipinski definition) is 8. The lowest BCUT2D eigenvalue weighted by molar-refractivity contribution is -0.305. The lowest BCUT2D eigenvalue weighted by atomic mass is 9.59. The lowest BCUT2D eigenvalue weighted by Crippen LogP contribution is -2.60. The molecule has 2 heterocycles. The van der Waals surface area contributed by atoms with Crippen LogP contribution in [0, 0.1) is 17.3 Å². The average Bonchev–Trinajstić information content (AvgIpc) is 3.67. The first-order valence-electron chi connectivity index (χ1n) is 23.5. The minimum Gasteiger partial charge on any atom is -0.394 e. The monoisotopic (exact) mass is 783 g/mol. The molecule has 3 aliphatic carbocycles. The molecule has 10 nitrogen and oxygen atoms in total. The van der Waals surface area contributed by atoms with Gasteiger partial charge < -0.3 is 40.1 Å². The Morgan fingerprint density at radius 1 is 0.691 bits per heavy atom. The van der Waals surface area contributed by atoms with Gasteiger partial charge in [0.2, 0.25) is 0 Å². The quantitative estimate of drug-likeness (QED) is 0.0344. The number of fused-ring (bicyclic) bond motifs is 3.